The van der Waals surface area contributed by atoms with Gasteiger partial charge >= 0.3 is 0 Å². The summed E-state index contributed by atoms with van der Waals surface area (Å²) in [5.74, 6) is -0.485. The molecule has 0 amide bonds. The van der Waals surface area contributed by atoms with E-state index in [0.717, 1.165) is 10.00 Å². The fourth-order valence-corrected chi connectivity index (χ4v) is 9.26. The van der Waals surface area contributed by atoms with Crippen molar-refractivity contribution in [2.45, 2.75) is 98.5 Å². The lowest BCUT2D eigenvalue weighted by atomic mass is 9.96. The number of aliphatic hydroxyl groups is 11. The van der Waals surface area contributed by atoms with E-state index >= 15 is 0 Å². The molecular weight excluding hydrogens is 1490 g/mol. The molecule has 12 heterocycles. The summed E-state index contributed by atoms with van der Waals surface area (Å²) < 4.78 is 55.2. The zero-order chi connectivity index (χ0) is 63.4. The number of nitrogens with zero attached hydrogens (tertiary/aromatic N) is 16. The summed E-state index contributed by atoms with van der Waals surface area (Å²) in [4.78, 5) is 61.8. The van der Waals surface area contributed by atoms with Crippen LogP contribution >= 0.6 is 100 Å². The van der Waals surface area contributed by atoms with E-state index in [2.05, 4.69) is 148 Å². The van der Waals surface area contributed by atoms with Crippen LogP contribution in [0.1, 0.15) is 31.8 Å². The maximum atomic E-state index is 12.2. The van der Waals surface area contributed by atoms with Crippen molar-refractivity contribution in [3.63, 3.8) is 0 Å². The van der Waals surface area contributed by atoms with Gasteiger partial charge in [-0.05, 0) is 74.6 Å². The molecule has 11 N–H and O–H groups in total. The smallest absolute Gasteiger partial charge is 0.213 e. The standard InChI is InChI=1S/C11H13ClN4O4.2C10H11ClN4O4.C10H9ClN4O4.2IPS/c1-11(19)7(18)5(2-17)20-10(11)16-4-15-6-8(12)13-3-14-9(6)16;3*11-8-5-9(13-2-12-8)15(3-14-5)10-7(18)6(17)4(1-16)19-10;2*1-2-3/h3-5,7,10,17-19H,2H2,1H3;2*2-4,6-7,10,16-18H,1H2;2-4,6,10,16-17H,1H2;;/t5-,7+,10-,11?;2*4-,6+,7?,10-;4-,6+,10-;;/m1111../s1/i;16D,17T;;16D,17T;;. The first-order valence-corrected chi connectivity index (χ1v) is 34.1. The van der Waals surface area contributed by atoms with Crippen molar-refractivity contribution in [2.75, 3.05) is 26.4 Å². The molecule has 42 heteroatoms. The summed E-state index contributed by atoms with van der Waals surface area (Å²) in [5, 5.41) is 86.6. The normalized spacial score (nSPS) is 29.8. The van der Waals surface area contributed by atoms with Crippen LogP contribution in [0.25, 0.3) is 44.7 Å². The average Bonchev–Trinajstić information content (AvgIpc) is 1.75. The fourth-order valence-electron chi connectivity index (χ4n) is 8.55. The molecule has 448 valence electrons. The number of fused-ring (bicyclic) bond motifs is 4. The number of ether oxygens (including phenoxy) is 4. The highest BCUT2D eigenvalue weighted by atomic mass is 127. The molecule has 0 bridgehead atoms. The monoisotopic (exact) mass is 1540 g/mol. The van der Waals surface area contributed by atoms with Crippen molar-refractivity contribution in [3.05, 3.63) is 71.2 Å². The van der Waals surface area contributed by atoms with Crippen LogP contribution in [0.4, 0.5) is 0 Å². The number of carbonyl (C=O) groups is 1. The Morgan fingerprint density at radius 2 is 0.964 bits per heavy atom. The van der Waals surface area contributed by atoms with Gasteiger partial charge in [0.15, 0.2) is 68.1 Å². The van der Waals surface area contributed by atoms with Gasteiger partial charge in [-0.15, -0.1) is 0 Å². The lowest BCUT2D eigenvalue weighted by Gasteiger charge is -2.27. The first-order valence-electron chi connectivity index (χ1n) is 24.8. The van der Waals surface area contributed by atoms with Gasteiger partial charge in [-0.1, -0.05) is 46.4 Å². The molecule has 8 aromatic heterocycles. The molecule has 8 aromatic rings. The second kappa shape index (κ2) is 30.2. The van der Waals surface area contributed by atoms with Crippen molar-refractivity contribution in [2.24, 2.45) is 0 Å². The van der Waals surface area contributed by atoms with E-state index in [0.29, 0.717) is 44.7 Å². The highest BCUT2D eigenvalue weighted by Crippen LogP contribution is 2.40. The van der Waals surface area contributed by atoms with E-state index in [4.69, 9.17) is 76.2 Å². The topological polar surface area (TPSA) is 451 Å². The van der Waals surface area contributed by atoms with Crippen LogP contribution in [0.2, 0.25) is 20.6 Å². The van der Waals surface area contributed by atoms with Gasteiger partial charge in [-0.25, -0.2) is 59.8 Å². The van der Waals surface area contributed by atoms with E-state index in [1.165, 1.54) is 75.8 Å². The molecule has 4 fully saturated rings. The number of hydrogen-bond acceptors (Lipinski definition) is 30. The Bertz CT molecular complexity index is 3610. The molecule has 32 nitrogen and oxygen atoms in total. The molecule has 0 radical (unpaired) electrons. The highest BCUT2D eigenvalue weighted by Gasteiger charge is 2.53. The summed E-state index contributed by atoms with van der Waals surface area (Å²) >= 11 is 36.5. The maximum Gasteiger partial charge on any atom is 0.213 e. The van der Waals surface area contributed by atoms with Crippen LogP contribution in [-0.2, 0) is 47.4 Å². The van der Waals surface area contributed by atoms with Gasteiger partial charge in [0.2, 0.25) is 11.5 Å². The van der Waals surface area contributed by atoms with Crippen LogP contribution in [0.3, 0.4) is 0 Å². The van der Waals surface area contributed by atoms with Gasteiger partial charge in [-0.3, -0.25) is 23.1 Å². The second-order valence-electron chi connectivity index (χ2n) is 17.4. The van der Waals surface area contributed by atoms with Crippen LogP contribution in [0.5, 0.6) is 0 Å². The third-order valence-corrected chi connectivity index (χ3v) is 13.7. The summed E-state index contributed by atoms with van der Waals surface area (Å²) in [7, 11) is 0. The average molecular weight is 1540 g/mol. The van der Waals surface area contributed by atoms with Gasteiger partial charge < -0.3 is 75.1 Å². The first kappa shape index (κ1) is 61.6. The largest absolute Gasteiger partial charge is 0.394 e. The number of imidazole rings is 4. The maximum absolute atomic E-state index is 12.2. The Hall–Kier alpha value is -3.07. The third kappa shape index (κ3) is 14.3. The number of ketones is 1. The first-order chi connectivity index (χ1) is 41.8. The van der Waals surface area contributed by atoms with E-state index in [-0.39, 0.29) is 33.8 Å². The van der Waals surface area contributed by atoms with Crippen molar-refractivity contribution in [1.29, 1.82) is 5.72 Å². The van der Waals surface area contributed by atoms with Gasteiger partial charge in [0.25, 0.3) is 0 Å². The molecule has 4 saturated heterocycles. The minimum atomic E-state index is -1.60. The molecule has 0 aromatic carbocycles. The molecule has 0 saturated carbocycles. The molecular formula is C41H44Cl4I2N16O16P2S2. The minimum Gasteiger partial charge on any atom is -0.394 e. The van der Waals surface area contributed by atoms with E-state index in [1.807, 2.05) is 0 Å². The molecule has 4 aliphatic rings. The number of hydrogen-bond donors (Lipinski definition) is 11. The zero-order valence-electron chi connectivity index (χ0n) is 45.5. The van der Waals surface area contributed by atoms with Crippen molar-refractivity contribution < 1.29 is 79.9 Å². The molecule has 0 spiro atoms. The van der Waals surface area contributed by atoms with E-state index in [9.17, 15) is 35.4 Å². The molecule has 12 rings (SSSR count). The number of carbonyl (C=O) groups excluding carboxylic acids is 1. The molecule has 3 unspecified atom stereocenters. The Balaban J connectivity index is 0.000000161. The summed E-state index contributed by atoms with van der Waals surface area (Å²) in [5.41, 5.74) is 1.32. The Morgan fingerprint density at radius 1 is 0.578 bits per heavy atom. The molecule has 83 heavy (non-hydrogen) atoms. The van der Waals surface area contributed by atoms with Gasteiger partial charge in [0, 0.05) is 10.00 Å². The fraction of sp³-hybridized carbons (Fsp3) is 0.488. The van der Waals surface area contributed by atoms with E-state index < -0.39 is 111 Å². The Morgan fingerprint density at radius 3 is 1.36 bits per heavy atom. The number of aliphatic hydroxyl groups excluding tert-OH is 10. The van der Waals surface area contributed by atoms with Gasteiger partial charge in [0.05, 0.1) is 51.7 Å². The van der Waals surface area contributed by atoms with Crippen LogP contribution in [-0.4, -0.2) is 239 Å². The minimum absolute atomic E-state index is 0.139. The van der Waals surface area contributed by atoms with Gasteiger partial charge in [-0.2, -0.15) is 0 Å². The summed E-state index contributed by atoms with van der Waals surface area (Å²) in [6.45, 7) is 0.285. The number of halogens is 6. The number of aromatic nitrogens is 16. The second-order valence-corrected chi connectivity index (χ2v) is 27.0. The van der Waals surface area contributed by atoms with Crippen LogP contribution < -0.4 is 0 Å². The predicted molar refractivity (Wildman–Crippen MR) is 314 cm³/mol. The molecule has 0 aliphatic carbocycles. The summed E-state index contributed by atoms with van der Waals surface area (Å²) in [6, 6.07) is 0. The molecule has 4 aliphatic heterocycles. The lowest BCUT2D eigenvalue weighted by molar-refractivity contribution is -0.130. The van der Waals surface area contributed by atoms with Crippen LogP contribution in [0.15, 0.2) is 50.6 Å². The van der Waals surface area contributed by atoms with Crippen molar-refractivity contribution in [3.8, 4) is 0 Å². The SMILES string of the molecule is CC1(O)[C@@H](O)[C@@H](CO)O[C@H]1n1cnc2c(Cl)ncnc21.OC[C@H]1O[C@@H](n2cnc3c(Cl)ncnc32)C(O)[C@H]1O.S=PI.S=PI.[2H]OC[C@H]1O[C@@H](n2cnc3c(Cl)ncnc32)C(=O)[C@H]1O[3H].[2H]OC[C@H]1O[C@@H](n2cnc3c(Cl)ncnc32)C(O)[C@H]1O[3H]. The zero-order valence-corrected chi connectivity index (χ0v) is 52.2. The van der Waals surface area contributed by atoms with Crippen molar-refractivity contribution in [1.82, 2.24) is 78.1 Å². The molecule has 15 atom stereocenters. The highest BCUT2D eigenvalue weighted by molar-refractivity contribution is 14.2. The van der Waals surface area contributed by atoms with Crippen molar-refractivity contribution >= 4 is 175 Å². The number of rotatable bonds is 12. The summed E-state index contributed by atoms with van der Waals surface area (Å²) in [6.07, 6.45) is -3.36. The quantitative estimate of drug-likeness (QED) is 0.0449. The number of Topliss-reactive ketones (excluding diaryl/α,β-unsaturated/α-hetero) is 1. The van der Waals surface area contributed by atoms with Gasteiger partial charge in [0.1, 0.15) is 114 Å². The van der Waals surface area contributed by atoms with Crippen LogP contribution in [0, 0.1) is 0 Å². The third-order valence-electron chi connectivity index (χ3n) is 12.6. The predicted octanol–water partition coefficient (Wildman–Crippen LogP) is 0.452. The van der Waals surface area contributed by atoms with E-state index in [1.54, 1.807) is 0 Å². The lowest BCUT2D eigenvalue weighted by Crippen LogP contribution is -2.44. The Labute approximate surface area is 530 Å². The Kier molecular flexibility index (Phi) is 22.4.